The molecule has 0 rings (SSSR count). The zero-order valence-corrected chi connectivity index (χ0v) is 9.89. The zero-order chi connectivity index (χ0) is 14.8. The molecule has 0 heterocycles. The second-order valence-corrected chi connectivity index (χ2v) is 3.83. The van der Waals surface area contributed by atoms with Gasteiger partial charge in [-0.1, -0.05) is 6.42 Å². The molecule has 2 atom stereocenters. The molecule has 0 spiro atoms. The molecule has 0 aromatic rings. The first kappa shape index (κ1) is 14.4. The van der Waals surface area contributed by atoms with E-state index in [0.29, 0.717) is 25.8 Å². The molecule has 0 saturated carbocycles. The van der Waals surface area contributed by atoms with E-state index >= 15 is 0 Å². The number of carbonyl (C=O) groups excluding carboxylic acids is 1. The fourth-order valence-electron chi connectivity index (χ4n) is 1.27. The van der Waals surface area contributed by atoms with Crippen molar-refractivity contribution in [2.24, 2.45) is 11.5 Å². The normalized spacial score (nSPS) is 14.4. The highest BCUT2D eigenvalue weighted by Gasteiger charge is 2.25. The van der Waals surface area contributed by atoms with E-state index in [0.717, 1.165) is 0 Å². The Balaban J connectivity index is 4.41. The molecule has 0 bridgehead atoms. The lowest BCUT2D eigenvalue weighted by Gasteiger charge is -2.16. The third kappa shape index (κ3) is 6.81. The van der Waals surface area contributed by atoms with Crippen LogP contribution in [0.4, 0.5) is 0 Å². The number of carboxylic acid groups (broad SMARTS) is 2. The number of nitrogens with one attached hydrogen (secondary N) is 1. The molecule has 18 heavy (non-hydrogen) atoms. The van der Waals surface area contributed by atoms with Crippen LogP contribution in [0.5, 0.6) is 0 Å². The number of rotatable bonds is 10. The lowest BCUT2D eigenvalue weighted by molar-refractivity contribution is -0.147. The Kier molecular flexibility index (Phi) is 6.74. The first-order chi connectivity index (χ1) is 8.92. The number of carboxylic acids is 2. The third-order valence-corrected chi connectivity index (χ3v) is 2.26. The summed E-state index contributed by atoms with van der Waals surface area (Å²) in [4.78, 5) is 32.9. The lowest BCUT2D eigenvalue weighted by atomic mass is 10.1. The fraction of sp³-hybridized carbons (Fsp3) is 0.700. The van der Waals surface area contributed by atoms with Crippen molar-refractivity contribution in [2.45, 2.75) is 37.8 Å². The highest BCUT2D eigenvalue weighted by atomic mass is 16.4. The molecule has 1 amide bonds. The first-order valence-electron chi connectivity index (χ1n) is 6.04. The summed E-state index contributed by atoms with van der Waals surface area (Å²) < 4.78 is 7.01. The summed E-state index contributed by atoms with van der Waals surface area (Å²) >= 11 is 0. The number of nitrogens with two attached hydrogens (primary N) is 2. The van der Waals surface area contributed by atoms with Crippen LogP contribution in [0.2, 0.25) is 1.41 Å². The molecular weight excluding hydrogens is 242 g/mol. The van der Waals surface area contributed by atoms with E-state index in [1.165, 1.54) is 0 Å². The summed E-state index contributed by atoms with van der Waals surface area (Å²) in [7, 11) is 0. The Morgan fingerprint density at radius 3 is 2.39 bits per heavy atom. The molecule has 0 radical (unpaired) electrons. The third-order valence-electron chi connectivity index (χ3n) is 2.26. The Morgan fingerprint density at radius 2 is 1.94 bits per heavy atom. The number of amides is 1. The molecule has 0 fully saturated rings. The standard InChI is InChI=1S/C10H19N3O5/c11-4-2-1-3-6(12)9(16)13-7(10(17)18)5-8(14)15/h6-7H,1-5,11-12H2,(H,13,16)(H,14,15)(H,17,18)/t6-,7-/m0/s1/i/hD. The Morgan fingerprint density at radius 1 is 1.28 bits per heavy atom. The van der Waals surface area contributed by atoms with Crippen molar-refractivity contribution in [2.75, 3.05) is 6.54 Å². The van der Waals surface area contributed by atoms with Gasteiger partial charge in [0.2, 0.25) is 5.91 Å². The predicted octanol–water partition coefficient (Wildman–Crippen LogP) is -1.51. The predicted molar refractivity (Wildman–Crippen MR) is 62.7 cm³/mol. The quantitative estimate of drug-likeness (QED) is 0.299. The molecule has 8 heteroatoms. The van der Waals surface area contributed by atoms with Crippen molar-refractivity contribution in [3.63, 3.8) is 0 Å². The van der Waals surface area contributed by atoms with Gasteiger partial charge in [0.15, 0.2) is 0 Å². The van der Waals surface area contributed by atoms with Crippen molar-refractivity contribution < 1.29 is 26.0 Å². The zero-order valence-electron chi connectivity index (χ0n) is 10.9. The number of unbranched alkanes of at least 4 members (excludes halogenated alkanes) is 1. The smallest absolute Gasteiger partial charge is 0.326 e. The van der Waals surface area contributed by atoms with Crippen LogP contribution in [0, 0.1) is 0 Å². The number of hydrogen-bond acceptors (Lipinski definition) is 5. The highest BCUT2D eigenvalue weighted by Crippen LogP contribution is 2.00. The maximum atomic E-state index is 11.7. The number of aliphatic carboxylic acids is 2. The Bertz CT molecular complexity index is 326. The van der Waals surface area contributed by atoms with E-state index in [9.17, 15) is 14.4 Å². The molecule has 8 nitrogen and oxygen atoms in total. The summed E-state index contributed by atoms with van der Waals surface area (Å²) in [5, 5.41) is 19.4. The van der Waals surface area contributed by atoms with Gasteiger partial charge in [-0.25, -0.2) is 4.79 Å². The van der Waals surface area contributed by atoms with E-state index < -0.39 is 36.4 Å². The molecule has 0 aliphatic rings. The van der Waals surface area contributed by atoms with Gasteiger partial charge in [0.1, 0.15) is 7.45 Å². The topological polar surface area (TPSA) is 156 Å². The van der Waals surface area contributed by atoms with Crippen molar-refractivity contribution in [3.8, 4) is 0 Å². The summed E-state index contributed by atoms with van der Waals surface area (Å²) in [5.74, 6) is -3.46. The van der Waals surface area contributed by atoms with Gasteiger partial charge in [-0.05, 0) is 19.4 Å². The molecule has 0 aromatic carbocycles. The van der Waals surface area contributed by atoms with Gasteiger partial charge in [0.25, 0.3) is 0 Å². The second-order valence-electron chi connectivity index (χ2n) is 3.83. The second kappa shape index (κ2) is 8.43. The minimum absolute atomic E-state index is 0.325. The molecule has 7 N–H and O–H groups in total. The molecule has 104 valence electrons. The molecule has 0 aliphatic heterocycles. The molecule has 0 aromatic heterocycles. The van der Waals surface area contributed by atoms with E-state index in [4.69, 9.17) is 17.4 Å². The summed E-state index contributed by atoms with van der Waals surface area (Å²) in [6.45, 7) is 0.461. The minimum atomic E-state index is -1.50. The van der Waals surface area contributed by atoms with Gasteiger partial charge >= 0.3 is 11.9 Å². The molecule has 0 unspecified atom stereocenters. The van der Waals surface area contributed by atoms with Crippen molar-refractivity contribution in [1.82, 2.24) is 5.32 Å². The monoisotopic (exact) mass is 262 g/mol. The molecule has 0 saturated heterocycles. The van der Waals surface area contributed by atoms with Crippen LogP contribution in [0.1, 0.15) is 25.7 Å². The number of hydrogen-bond donors (Lipinski definition) is 5. The van der Waals surface area contributed by atoms with E-state index in [1.807, 2.05) is 5.73 Å². The van der Waals surface area contributed by atoms with Crippen LogP contribution < -0.4 is 16.8 Å². The van der Waals surface area contributed by atoms with Crippen LogP contribution in [0.15, 0.2) is 0 Å². The van der Waals surface area contributed by atoms with Gasteiger partial charge in [0, 0.05) is 0 Å². The summed E-state index contributed by atoms with van der Waals surface area (Å²) in [5.41, 5.74) is 7.31. The highest BCUT2D eigenvalue weighted by molar-refractivity contribution is 5.88. The average molecular weight is 262 g/mol. The van der Waals surface area contributed by atoms with Gasteiger partial charge in [-0.2, -0.15) is 0 Å². The van der Waals surface area contributed by atoms with Gasteiger partial charge in [-0.3, -0.25) is 9.59 Å². The maximum absolute atomic E-state index is 11.7. The minimum Gasteiger partial charge on any atom is -0.481 e. The van der Waals surface area contributed by atoms with E-state index in [2.05, 4.69) is 5.32 Å². The largest absolute Gasteiger partial charge is 0.481 e. The van der Waals surface area contributed by atoms with Crippen LogP contribution in [-0.2, 0) is 14.4 Å². The van der Waals surface area contributed by atoms with Crippen LogP contribution in [0.3, 0.4) is 0 Å². The van der Waals surface area contributed by atoms with Crippen LogP contribution >= 0.6 is 0 Å². The van der Waals surface area contributed by atoms with Crippen molar-refractivity contribution in [1.29, 1.82) is 0 Å². The average Bonchev–Trinajstić information content (AvgIpc) is 2.33. The van der Waals surface area contributed by atoms with Gasteiger partial charge in [-0.15, -0.1) is 0 Å². The van der Waals surface area contributed by atoms with Gasteiger partial charge < -0.3 is 27.0 Å². The number of carbonyl (C=O) groups is 3. The van der Waals surface area contributed by atoms with Crippen LogP contribution in [-0.4, -0.2) is 46.7 Å². The summed E-state index contributed by atoms with van der Waals surface area (Å²) in [6.07, 6.45) is 0.903. The van der Waals surface area contributed by atoms with Crippen molar-refractivity contribution in [3.05, 3.63) is 0 Å². The lowest BCUT2D eigenvalue weighted by Crippen LogP contribution is -2.49. The summed E-state index contributed by atoms with van der Waals surface area (Å²) in [6, 6.07) is -2.39. The van der Waals surface area contributed by atoms with Crippen molar-refractivity contribution >= 4 is 17.8 Å². The molecule has 0 aliphatic carbocycles. The first-order valence-corrected chi connectivity index (χ1v) is 5.54. The maximum Gasteiger partial charge on any atom is 0.326 e. The van der Waals surface area contributed by atoms with E-state index in [-0.39, 0.29) is 0 Å². The fourth-order valence-corrected chi connectivity index (χ4v) is 1.27. The SMILES string of the molecule is [2H]N[C@@H](CCCCN)C(=O)N[C@@H](CC(=O)O)C(=O)O. The molecular formula is C10H19N3O5. The Hall–Kier alpha value is -1.67. The Labute approximate surface area is 106 Å². The van der Waals surface area contributed by atoms with E-state index in [1.54, 1.807) is 0 Å². The van der Waals surface area contributed by atoms with Gasteiger partial charge in [0.05, 0.1) is 12.5 Å². The van der Waals surface area contributed by atoms with Crippen LogP contribution in [0.25, 0.3) is 0 Å².